The van der Waals surface area contributed by atoms with E-state index in [1.54, 1.807) is 12.1 Å². The summed E-state index contributed by atoms with van der Waals surface area (Å²) in [6.07, 6.45) is 4.19. The summed E-state index contributed by atoms with van der Waals surface area (Å²) in [6.45, 7) is 2.40. The molecule has 2 aromatic heterocycles. The average Bonchev–Trinajstić information content (AvgIpc) is 3.15. The van der Waals surface area contributed by atoms with Crippen molar-refractivity contribution >= 4 is 0 Å². The lowest BCUT2D eigenvalue weighted by atomic mass is 10.0. The molecule has 4 atom stereocenters. The molecular weight excluding hydrogens is 337 g/mol. The van der Waals surface area contributed by atoms with Crippen LogP contribution in [0.3, 0.4) is 0 Å². The van der Waals surface area contributed by atoms with Crippen molar-refractivity contribution in [2.75, 3.05) is 19.6 Å². The number of hydrogen-bond donors (Lipinski definition) is 2. The van der Waals surface area contributed by atoms with Crippen LogP contribution in [0.5, 0.6) is 11.5 Å². The number of likely N-dealkylation sites (tertiary alicyclic amines) is 1. The molecule has 2 aromatic rings. The summed E-state index contributed by atoms with van der Waals surface area (Å²) in [5, 5.41) is 19.6. The lowest BCUT2D eigenvalue weighted by molar-refractivity contribution is 0.113. The first-order chi connectivity index (χ1) is 12.6. The highest BCUT2D eigenvalue weighted by molar-refractivity contribution is 5.19. The van der Waals surface area contributed by atoms with E-state index < -0.39 is 12.1 Å². The standard InChI is InChI=1S/C19H22FN3O3/c20-19-4-2-15(8-22-19)26-16-5-12-9-23(10-13(12)6-16)11-18(25)17-3-1-14(24)7-21-17/h1-4,7-8,12-13,16,18,24-25H,5-6,9-11H2/t12-,13+,16+,18?. The summed E-state index contributed by atoms with van der Waals surface area (Å²) in [4.78, 5) is 9.97. The Morgan fingerprint density at radius 1 is 1.12 bits per heavy atom. The number of ether oxygens (including phenoxy) is 1. The number of fused-ring (bicyclic) bond motifs is 1. The number of β-amino-alcohol motifs (C(OH)–C–C–N with tert-alkyl or cyclic N) is 1. The Morgan fingerprint density at radius 2 is 1.88 bits per heavy atom. The number of aliphatic hydroxyl groups excluding tert-OH is 1. The van der Waals surface area contributed by atoms with Gasteiger partial charge in [-0.3, -0.25) is 9.88 Å². The molecular formula is C19H22FN3O3. The molecule has 7 heteroatoms. The zero-order valence-electron chi connectivity index (χ0n) is 14.3. The largest absolute Gasteiger partial charge is 0.506 e. The smallest absolute Gasteiger partial charge is 0.213 e. The van der Waals surface area contributed by atoms with Crippen molar-refractivity contribution < 1.29 is 19.3 Å². The molecule has 0 aromatic carbocycles. The molecule has 26 heavy (non-hydrogen) atoms. The number of pyridine rings is 2. The highest BCUT2D eigenvalue weighted by atomic mass is 19.1. The van der Waals surface area contributed by atoms with E-state index in [9.17, 15) is 14.6 Å². The fraction of sp³-hybridized carbons (Fsp3) is 0.474. The van der Waals surface area contributed by atoms with Crippen molar-refractivity contribution in [1.82, 2.24) is 14.9 Å². The van der Waals surface area contributed by atoms with Crippen LogP contribution in [0.2, 0.25) is 0 Å². The van der Waals surface area contributed by atoms with Crippen LogP contribution in [0.1, 0.15) is 24.6 Å². The summed E-state index contributed by atoms with van der Waals surface area (Å²) >= 11 is 0. The van der Waals surface area contributed by atoms with Gasteiger partial charge in [0.25, 0.3) is 0 Å². The van der Waals surface area contributed by atoms with Gasteiger partial charge < -0.3 is 14.9 Å². The van der Waals surface area contributed by atoms with E-state index in [4.69, 9.17) is 4.74 Å². The normalized spacial score (nSPS) is 26.6. The zero-order valence-corrected chi connectivity index (χ0v) is 14.3. The Labute approximate surface area is 151 Å². The Kier molecular flexibility index (Phi) is 4.74. The summed E-state index contributed by atoms with van der Waals surface area (Å²) in [5.41, 5.74) is 0.574. The van der Waals surface area contributed by atoms with Crippen LogP contribution in [0.4, 0.5) is 4.39 Å². The Bertz CT molecular complexity index is 727. The highest BCUT2D eigenvalue weighted by Crippen LogP contribution is 2.40. The first-order valence-corrected chi connectivity index (χ1v) is 8.90. The Hall–Kier alpha value is -2.25. The van der Waals surface area contributed by atoms with Crippen LogP contribution in [0, 0.1) is 17.8 Å². The summed E-state index contributed by atoms with van der Waals surface area (Å²) in [7, 11) is 0. The number of rotatable bonds is 5. The van der Waals surface area contributed by atoms with Gasteiger partial charge in [-0.15, -0.1) is 0 Å². The van der Waals surface area contributed by atoms with Crippen LogP contribution < -0.4 is 4.74 Å². The maximum atomic E-state index is 12.9. The minimum Gasteiger partial charge on any atom is -0.506 e. The van der Waals surface area contributed by atoms with Crippen molar-refractivity contribution in [3.8, 4) is 11.5 Å². The lowest BCUT2D eigenvalue weighted by Crippen LogP contribution is -2.29. The molecule has 0 radical (unpaired) electrons. The third-order valence-corrected chi connectivity index (χ3v) is 5.33. The summed E-state index contributed by atoms with van der Waals surface area (Å²) < 4.78 is 18.8. The molecule has 1 aliphatic carbocycles. The van der Waals surface area contributed by atoms with Crippen molar-refractivity contribution in [2.24, 2.45) is 11.8 Å². The quantitative estimate of drug-likeness (QED) is 0.797. The maximum absolute atomic E-state index is 12.9. The van der Waals surface area contributed by atoms with Crippen LogP contribution in [0.15, 0.2) is 36.7 Å². The van der Waals surface area contributed by atoms with Crippen molar-refractivity contribution in [3.05, 3.63) is 48.3 Å². The fourth-order valence-electron chi connectivity index (χ4n) is 4.14. The molecule has 3 heterocycles. The number of aromatic hydroxyl groups is 1. The predicted molar refractivity (Wildman–Crippen MR) is 92.1 cm³/mol. The zero-order chi connectivity index (χ0) is 18.1. The van der Waals surface area contributed by atoms with E-state index in [2.05, 4.69) is 14.9 Å². The third-order valence-electron chi connectivity index (χ3n) is 5.33. The first-order valence-electron chi connectivity index (χ1n) is 8.90. The monoisotopic (exact) mass is 359 g/mol. The molecule has 1 aliphatic heterocycles. The van der Waals surface area contributed by atoms with Gasteiger partial charge in [0.2, 0.25) is 5.95 Å². The minimum absolute atomic E-state index is 0.0963. The summed E-state index contributed by atoms with van der Waals surface area (Å²) in [6, 6.07) is 6.11. The van der Waals surface area contributed by atoms with Gasteiger partial charge in [-0.1, -0.05) is 0 Å². The fourth-order valence-corrected chi connectivity index (χ4v) is 4.14. The second kappa shape index (κ2) is 7.17. The molecule has 2 N–H and O–H groups in total. The third kappa shape index (κ3) is 3.78. The van der Waals surface area contributed by atoms with E-state index in [0.29, 0.717) is 29.8 Å². The number of aromatic nitrogens is 2. The Balaban J connectivity index is 1.28. The molecule has 1 saturated carbocycles. The van der Waals surface area contributed by atoms with Gasteiger partial charge in [0, 0.05) is 19.6 Å². The molecule has 2 aliphatic rings. The molecule has 4 rings (SSSR count). The van der Waals surface area contributed by atoms with Crippen LogP contribution in [0.25, 0.3) is 0 Å². The predicted octanol–water partition coefficient (Wildman–Crippen LogP) is 2.14. The number of aliphatic hydroxyl groups is 1. The van der Waals surface area contributed by atoms with Gasteiger partial charge in [-0.2, -0.15) is 4.39 Å². The first kappa shape index (κ1) is 17.2. The Morgan fingerprint density at radius 3 is 2.50 bits per heavy atom. The SMILES string of the molecule is Oc1ccc(C(O)CN2C[C@H]3C[C@H](Oc4ccc(F)nc4)C[C@H]3C2)nc1. The molecule has 1 unspecified atom stereocenters. The van der Waals surface area contributed by atoms with Gasteiger partial charge in [-0.25, -0.2) is 4.98 Å². The van der Waals surface area contributed by atoms with Crippen LogP contribution in [-0.4, -0.2) is 50.8 Å². The van der Waals surface area contributed by atoms with Gasteiger partial charge >= 0.3 is 0 Å². The molecule has 0 bridgehead atoms. The van der Waals surface area contributed by atoms with Gasteiger partial charge in [0.1, 0.15) is 17.6 Å². The molecule has 2 fully saturated rings. The van der Waals surface area contributed by atoms with E-state index in [1.165, 1.54) is 24.5 Å². The molecule has 0 spiro atoms. The highest BCUT2D eigenvalue weighted by Gasteiger charge is 2.42. The van der Waals surface area contributed by atoms with Crippen molar-refractivity contribution in [3.63, 3.8) is 0 Å². The topological polar surface area (TPSA) is 78.7 Å². The van der Waals surface area contributed by atoms with Gasteiger partial charge in [-0.05, 0) is 48.9 Å². The van der Waals surface area contributed by atoms with E-state index >= 15 is 0 Å². The average molecular weight is 359 g/mol. The van der Waals surface area contributed by atoms with Gasteiger partial charge in [0.15, 0.2) is 0 Å². The van der Waals surface area contributed by atoms with Gasteiger partial charge in [0.05, 0.1) is 24.2 Å². The van der Waals surface area contributed by atoms with Crippen LogP contribution in [-0.2, 0) is 0 Å². The van der Waals surface area contributed by atoms with E-state index in [0.717, 1.165) is 25.9 Å². The number of hydrogen-bond acceptors (Lipinski definition) is 6. The second-order valence-corrected chi connectivity index (χ2v) is 7.22. The lowest BCUT2D eigenvalue weighted by Gasteiger charge is -2.22. The number of nitrogens with zero attached hydrogens (tertiary/aromatic N) is 3. The van der Waals surface area contributed by atoms with E-state index in [1.807, 2.05) is 0 Å². The number of halogens is 1. The van der Waals surface area contributed by atoms with Crippen LogP contribution >= 0.6 is 0 Å². The minimum atomic E-state index is -0.660. The second-order valence-electron chi connectivity index (χ2n) is 7.22. The maximum Gasteiger partial charge on any atom is 0.213 e. The van der Waals surface area contributed by atoms with Crippen molar-refractivity contribution in [1.29, 1.82) is 0 Å². The molecule has 138 valence electrons. The molecule has 1 saturated heterocycles. The molecule has 6 nitrogen and oxygen atoms in total. The van der Waals surface area contributed by atoms with Crippen molar-refractivity contribution in [2.45, 2.75) is 25.0 Å². The van der Waals surface area contributed by atoms with E-state index in [-0.39, 0.29) is 11.9 Å². The molecule has 0 amide bonds. The summed E-state index contributed by atoms with van der Waals surface area (Å²) in [5.74, 6) is 1.31.